The molecule has 2 aromatic heterocycles. The highest BCUT2D eigenvalue weighted by Gasteiger charge is 2.21. The Bertz CT molecular complexity index is 776. The zero-order valence-corrected chi connectivity index (χ0v) is 12.8. The van der Waals surface area contributed by atoms with Gasteiger partial charge < -0.3 is 10.3 Å². The van der Waals surface area contributed by atoms with Crippen LogP contribution >= 0.6 is 0 Å². The maximum Gasteiger partial charge on any atom is 0.198 e. The maximum atomic E-state index is 4.45. The first-order chi connectivity index (χ1) is 11.4. The molecular weight excluding hydrogens is 286 g/mol. The minimum atomic E-state index is 0.562. The largest absolute Gasteiger partial charge is 0.345 e. The molecule has 1 aliphatic heterocycles. The topological polar surface area (TPSA) is 66.5 Å². The second-order valence-corrected chi connectivity index (χ2v) is 5.78. The van der Waals surface area contributed by atoms with Gasteiger partial charge in [0.1, 0.15) is 5.82 Å². The Hall–Kier alpha value is -2.53. The second kappa shape index (κ2) is 6.30. The van der Waals surface area contributed by atoms with Crippen LogP contribution < -0.4 is 5.32 Å². The number of benzene rings is 1. The Morgan fingerprint density at radius 3 is 2.78 bits per heavy atom. The van der Waals surface area contributed by atoms with Crippen LogP contribution in [0.2, 0.25) is 0 Å². The number of nitrogens with zero attached hydrogens (tertiary/aromatic N) is 3. The Labute approximate surface area is 135 Å². The van der Waals surface area contributed by atoms with Crippen LogP contribution in [-0.2, 0) is 0 Å². The number of hydrogen-bond acceptors (Lipinski definition) is 4. The minimum Gasteiger partial charge on any atom is -0.345 e. The molecule has 0 amide bonds. The molecule has 4 rings (SSSR count). The van der Waals surface area contributed by atoms with Crippen molar-refractivity contribution < 1.29 is 0 Å². The lowest BCUT2D eigenvalue weighted by Crippen LogP contribution is -2.26. The van der Waals surface area contributed by atoms with Gasteiger partial charge in [-0.25, -0.2) is 15.0 Å². The van der Waals surface area contributed by atoms with Crippen LogP contribution in [0.25, 0.3) is 22.6 Å². The number of rotatable bonds is 3. The lowest BCUT2D eigenvalue weighted by Gasteiger charge is -2.25. The third-order valence-electron chi connectivity index (χ3n) is 4.42. The van der Waals surface area contributed by atoms with Gasteiger partial charge in [0.15, 0.2) is 6.33 Å². The Kier molecular flexibility index (Phi) is 3.86. The first-order valence-electron chi connectivity index (χ1n) is 7.96. The first-order valence-corrected chi connectivity index (χ1v) is 7.96. The highest BCUT2D eigenvalue weighted by molar-refractivity contribution is 5.78. The van der Waals surface area contributed by atoms with Gasteiger partial charge in [0.2, 0.25) is 0 Å². The average molecular weight is 304 g/mol. The first kappa shape index (κ1) is 14.1. The van der Waals surface area contributed by atoms with Crippen molar-refractivity contribution in [3.63, 3.8) is 0 Å². The molecule has 0 saturated carbocycles. The molecule has 5 nitrogen and oxygen atoms in total. The Morgan fingerprint density at radius 1 is 1.09 bits per heavy atom. The lowest BCUT2D eigenvalue weighted by atomic mass is 9.85. The molecule has 2 N–H and O–H groups in total. The number of aromatic nitrogens is 4. The number of H-pyrrole nitrogens is 1. The van der Waals surface area contributed by atoms with Crippen molar-refractivity contribution in [3.05, 3.63) is 54.7 Å². The fourth-order valence-electron chi connectivity index (χ4n) is 3.29. The van der Waals surface area contributed by atoms with Crippen LogP contribution in [0.15, 0.2) is 42.9 Å². The van der Waals surface area contributed by atoms with E-state index < -0.39 is 0 Å². The molecule has 3 heterocycles. The fraction of sp³-hybridized carbons (Fsp3) is 0.278. The van der Waals surface area contributed by atoms with Gasteiger partial charge in [0.05, 0.1) is 11.3 Å². The van der Waals surface area contributed by atoms with E-state index in [-0.39, 0.29) is 0 Å². The van der Waals surface area contributed by atoms with Crippen molar-refractivity contribution in [1.82, 2.24) is 25.3 Å². The quantitative estimate of drug-likeness (QED) is 0.781. The van der Waals surface area contributed by atoms with E-state index in [1.165, 1.54) is 5.56 Å². The van der Waals surface area contributed by atoms with Crippen LogP contribution in [-0.4, -0.2) is 33.0 Å². The van der Waals surface area contributed by atoms with E-state index in [0.29, 0.717) is 5.92 Å². The third kappa shape index (κ3) is 2.75. The van der Waals surface area contributed by atoms with Crippen molar-refractivity contribution in [2.24, 2.45) is 0 Å². The van der Waals surface area contributed by atoms with Crippen molar-refractivity contribution in [1.29, 1.82) is 0 Å². The van der Waals surface area contributed by atoms with Crippen molar-refractivity contribution in [2.75, 3.05) is 13.1 Å². The molecule has 115 valence electrons. The number of hydrogen-bond donors (Lipinski definition) is 2. The molecule has 0 atom stereocenters. The van der Waals surface area contributed by atoms with Crippen LogP contribution in [0.3, 0.4) is 0 Å². The summed E-state index contributed by atoms with van der Waals surface area (Å²) in [5.74, 6) is 1.35. The van der Waals surface area contributed by atoms with Crippen molar-refractivity contribution in [3.8, 4) is 22.6 Å². The van der Waals surface area contributed by atoms with E-state index in [0.717, 1.165) is 48.6 Å². The van der Waals surface area contributed by atoms with Gasteiger partial charge in [0, 0.05) is 24.2 Å². The summed E-state index contributed by atoms with van der Waals surface area (Å²) in [6, 6.07) is 8.53. The van der Waals surface area contributed by atoms with E-state index in [1.807, 2.05) is 6.20 Å². The summed E-state index contributed by atoms with van der Waals surface area (Å²) in [7, 11) is 0. The van der Waals surface area contributed by atoms with Crippen LogP contribution in [0, 0.1) is 6.33 Å². The minimum absolute atomic E-state index is 0.562. The Morgan fingerprint density at radius 2 is 1.96 bits per heavy atom. The third-order valence-corrected chi connectivity index (χ3v) is 4.42. The summed E-state index contributed by atoms with van der Waals surface area (Å²) in [5.41, 5.74) is 4.32. The normalized spacial score (nSPS) is 15.7. The summed E-state index contributed by atoms with van der Waals surface area (Å²) in [4.78, 5) is 16.0. The predicted molar refractivity (Wildman–Crippen MR) is 88.7 cm³/mol. The molecule has 0 unspecified atom stereocenters. The van der Waals surface area contributed by atoms with E-state index in [2.05, 4.69) is 55.8 Å². The van der Waals surface area contributed by atoms with E-state index in [9.17, 15) is 0 Å². The Balaban J connectivity index is 1.83. The average Bonchev–Trinajstić information content (AvgIpc) is 3.17. The molecule has 0 bridgehead atoms. The molecule has 1 saturated heterocycles. The van der Waals surface area contributed by atoms with E-state index in [4.69, 9.17) is 0 Å². The van der Waals surface area contributed by atoms with Gasteiger partial charge in [-0.3, -0.25) is 0 Å². The molecule has 23 heavy (non-hydrogen) atoms. The fourth-order valence-corrected chi connectivity index (χ4v) is 3.29. The van der Waals surface area contributed by atoms with E-state index >= 15 is 0 Å². The van der Waals surface area contributed by atoms with Gasteiger partial charge in [-0.1, -0.05) is 24.3 Å². The summed E-state index contributed by atoms with van der Waals surface area (Å²) in [6.45, 7) is 2.14. The monoisotopic (exact) mass is 304 g/mol. The van der Waals surface area contributed by atoms with Gasteiger partial charge in [0.25, 0.3) is 0 Å². The molecule has 1 aliphatic rings. The predicted octanol–water partition coefficient (Wildman–Crippen LogP) is 2.80. The van der Waals surface area contributed by atoms with Crippen molar-refractivity contribution >= 4 is 0 Å². The smallest absolute Gasteiger partial charge is 0.198 e. The number of imidazole rings is 1. The highest BCUT2D eigenvalue weighted by Crippen LogP contribution is 2.36. The van der Waals surface area contributed by atoms with Gasteiger partial charge in [-0.05, 0) is 37.4 Å². The molecule has 3 aromatic rings. The molecular formula is C18H18N5. The molecule has 1 fully saturated rings. The number of aromatic amines is 1. The SMILES string of the molecule is [c]1ncc(-c2ncc[nH]2)c(-c2ccccc2C2CCNCC2)n1. The molecule has 0 spiro atoms. The molecule has 1 aromatic carbocycles. The van der Waals surface area contributed by atoms with Crippen molar-refractivity contribution in [2.45, 2.75) is 18.8 Å². The summed E-state index contributed by atoms with van der Waals surface area (Å²) >= 11 is 0. The maximum absolute atomic E-state index is 4.45. The van der Waals surface area contributed by atoms with Gasteiger partial charge in [-0.15, -0.1) is 0 Å². The molecule has 0 aliphatic carbocycles. The summed E-state index contributed by atoms with van der Waals surface area (Å²) < 4.78 is 0. The van der Waals surface area contributed by atoms with Gasteiger partial charge in [-0.2, -0.15) is 0 Å². The number of nitrogens with one attached hydrogen (secondary N) is 2. The second-order valence-electron chi connectivity index (χ2n) is 5.78. The van der Waals surface area contributed by atoms with Gasteiger partial charge >= 0.3 is 0 Å². The summed E-state index contributed by atoms with van der Waals surface area (Å²) in [6.07, 6.45) is 10.4. The van der Waals surface area contributed by atoms with E-state index in [1.54, 1.807) is 12.4 Å². The lowest BCUT2D eigenvalue weighted by molar-refractivity contribution is 0.461. The number of piperidine rings is 1. The summed E-state index contributed by atoms with van der Waals surface area (Å²) in [5, 5.41) is 3.43. The van der Waals surface area contributed by atoms with Crippen LogP contribution in [0.1, 0.15) is 24.3 Å². The zero-order chi connectivity index (χ0) is 15.5. The van der Waals surface area contributed by atoms with Crippen LogP contribution in [0.4, 0.5) is 0 Å². The zero-order valence-electron chi connectivity index (χ0n) is 12.8. The molecule has 1 radical (unpaired) electrons. The highest BCUT2D eigenvalue weighted by atomic mass is 14.9. The standard InChI is InChI=1S/C18H18N5/c1-2-4-15(14(3-1)13-5-7-19-8-6-13)17-16(11-20-12-23-17)18-21-9-10-22-18/h1-4,9-11,13,19H,5-8H2,(H,21,22). The van der Waals surface area contributed by atoms with Crippen LogP contribution in [0.5, 0.6) is 0 Å². The molecule has 5 heteroatoms.